The van der Waals surface area contributed by atoms with Crippen LogP contribution < -0.4 is 0 Å². The third-order valence-corrected chi connectivity index (χ3v) is 1.78. The fourth-order valence-corrected chi connectivity index (χ4v) is 1.04. The molecule has 66 valence electrons. The standard InChI is InChI=1S/C8H6ClN3O/c9-3-7-5-10-8(13-7)6-1-2-11-12-4-6/h1-2,4-5H,3H2. The van der Waals surface area contributed by atoms with Crippen molar-refractivity contribution < 1.29 is 4.42 Å². The molecule has 2 heterocycles. The van der Waals surface area contributed by atoms with Crippen molar-refractivity contribution in [2.45, 2.75) is 5.88 Å². The van der Waals surface area contributed by atoms with Gasteiger partial charge in [0.1, 0.15) is 5.76 Å². The lowest BCUT2D eigenvalue weighted by molar-refractivity contribution is 0.537. The van der Waals surface area contributed by atoms with Gasteiger partial charge in [0.15, 0.2) is 0 Å². The van der Waals surface area contributed by atoms with Gasteiger partial charge in [-0.15, -0.1) is 11.6 Å². The Morgan fingerprint density at radius 3 is 2.85 bits per heavy atom. The van der Waals surface area contributed by atoms with Gasteiger partial charge in [0.25, 0.3) is 0 Å². The zero-order valence-electron chi connectivity index (χ0n) is 6.64. The van der Waals surface area contributed by atoms with E-state index in [4.69, 9.17) is 16.0 Å². The molecule has 2 aromatic rings. The molecule has 4 nitrogen and oxygen atoms in total. The van der Waals surface area contributed by atoms with Crippen LogP contribution in [-0.4, -0.2) is 15.2 Å². The van der Waals surface area contributed by atoms with E-state index in [0.717, 1.165) is 5.56 Å². The smallest absolute Gasteiger partial charge is 0.227 e. The maximum Gasteiger partial charge on any atom is 0.227 e. The molecule has 0 aromatic carbocycles. The van der Waals surface area contributed by atoms with Gasteiger partial charge < -0.3 is 4.42 Å². The average molecular weight is 196 g/mol. The van der Waals surface area contributed by atoms with Gasteiger partial charge in [-0.1, -0.05) is 0 Å². The van der Waals surface area contributed by atoms with Gasteiger partial charge in [0, 0.05) is 0 Å². The lowest BCUT2D eigenvalue weighted by Gasteiger charge is -1.91. The molecule has 5 heteroatoms. The van der Waals surface area contributed by atoms with Crippen LogP contribution in [0.1, 0.15) is 5.76 Å². The van der Waals surface area contributed by atoms with Gasteiger partial charge in [-0.3, -0.25) is 0 Å². The Bertz CT molecular complexity index is 387. The van der Waals surface area contributed by atoms with E-state index < -0.39 is 0 Å². The van der Waals surface area contributed by atoms with E-state index in [2.05, 4.69) is 15.2 Å². The summed E-state index contributed by atoms with van der Waals surface area (Å²) in [7, 11) is 0. The third kappa shape index (κ3) is 1.67. The SMILES string of the molecule is ClCc1cnc(-c2ccnnc2)o1. The van der Waals surface area contributed by atoms with Crippen LogP contribution in [0, 0.1) is 0 Å². The molecule has 0 fully saturated rings. The molecular formula is C8H6ClN3O. The summed E-state index contributed by atoms with van der Waals surface area (Å²) in [6, 6.07) is 1.77. The Balaban J connectivity index is 2.36. The first kappa shape index (κ1) is 8.19. The number of hydrogen-bond acceptors (Lipinski definition) is 4. The molecule has 0 saturated heterocycles. The molecular weight excluding hydrogens is 190 g/mol. The van der Waals surface area contributed by atoms with Crippen molar-refractivity contribution in [3.8, 4) is 11.5 Å². The van der Waals surface area contributed by atoms with E-state index in [-0.39, 0.29) is 0 Å². The predicted octanol–water partition coefficient (Wildman–Crippen LogP) is 1.87. The molecule has 0 aliphatic carbocycles. The molecule has 0 N–H and O–H groups in total. The number of hydrogen-bond donors (Lipinski definition) is 0. The average Bonchev–Trinajstić information content (AvgIpc) is 2.67. The van der Waals surface area contributed by atoms with E-state index in [1.165, 1.54) is 0 Å². The maximum atomic E-state index is 5.57. The fraction of sp³-hybridized carbons (Fsp3) is 0.125. The molecule has 0 aliphatic rings. The van der Waals surface area contributed by atoms with E-state index >= 15 is 0 Å². The number of nitrogens with zero attached hydrogens (tertiary/aromatic N) is 3. The lowest BCUT2D eigenvalue weighted by Crippen LogP contribution is -1.81. The molecule has 2 rings (SSSR count). The lowest BCUT2D eigenvalue weighted by atomic mass is 10.3. The van der Waals surface area contributed by atoms with Crippen LogP contribution in [0.15, 0.2) is 29.1 Å². The molecule has 0 spiro atoms. The maximum absolute atomic E-state index is 5.57. The van der Waals surface area contributed by atoms with Crippen molar-refractivity contribution in [1.82, 2.24) is 15.2 Å². The van der Waals surface area contributed by atoms with Crippen LogP contribution in [0.4, 0.5) is 0 Å². The predicted molar refractivity (Wildman–Crippen MR) is 47.1 cm³/mol. The van der Waals surface area contributed by atoms with Gasteiger partial charge in [-0.05, 0) is 6.07 Å². The minimum Gasteiger partial charge on any atom is -0.440 e. The second kappa shape index (κ2) is 3.53. The Morgan fingerprint density at radius 2 is 2.23 bits per heavy atom. The number of aromatic nitrogens is 3. The monoisotopic (exact) mass is 195 g/mol. The molecule has 13 heavy (non-hydrogen) atoms. The van der Waals surface area contributed by atoms with Gasteiger partial charge >= 0.3 is 0 Å². The van der Waals surface area contributed by atoms with Crippen molar-refractivity contribution >= 4 is 11.6 Å². The van der Waals surface area contributed by atoms with Crippen molar-refractivity contribution in [1.29, 1.82) is 0 Å². The summed E-state index contributed by atoms with van der Waals surface area (Å²) in [6.45, 7) is 0. The first-order valence-electron chi connectivity index (χ1n) is 3.68. The summed E-state index contributed by atoms with van der Waals surface area (Å²) in [6.07, 6.45) is 4.77. The Labute approximate surface area is 79.6 Å². The number of rotatable bonds is 2. The highest BCUT2D eigenvalue weighted by molar-refractivity contribution is 6.16. The summed E-state index contributed by atoms with van der Waals surface area (Å²) < 4.78 is 5.31. The van der Waals surface area contributed by atoms with Gasteiger partial charge in [0.2, 0.25) is 5.89 Å². The van der Waals surface area contributed by atoms with Gasteiger partial charge in [0.05, 0.1) is 30.0 Å². The molecule has 0 amide bonds. The van der Waals surface area contributed by atoms with E-state index in [9.17, 15) is 0 Å². The van der Waals surface area contributed by atoms with Gasteiger partial charge in [-0.25, -0.2) is 4.98 Å². The molecule has 0 radical (unpaired) electrons. The van der Waals surface area contributed by atoms with E-state index in [1.807, 2.05) is 0 Å². The van der Waals surface area contributed by atoms with Crippen molar-refractivity contribution in [3.63, 3.8) is 0 Å². The molecule has 0 saturated carbocycles. The number of alkyl halides is 1. The first-order valence-corrected chi connectivity index (χ1v) is 4.21. The van der Waals surface area contributed by atoms with E-state index in [0.29, 0.717) is 17.5 Å². The van der Waals surface area contributed by atoms with Crippen LogP contribution in [-0.2, 0) is 5.88 Å². The fourth-order valence-electron chi connectivity index (χ4n) is 0.920. The normalized spacial score (nSPS) is 10.2. The van der Waals surface area contributed by atoms with Crippen LogP contribution in [0.3, 0.4) is 0 Å². The Morgan fingerprint density at radius 1 is 1.31 bits per heavy atom. The highest BCUT2D eigenvalue weighted by Crippen LogP contribution is 2.17. The Hall–Kier alpha value is -1.42. The second-order valence-corrected chi connectivity index (χ2v) is 2.66. The van der Waals surface area contributed by atoms with Crippen molar-refractivity contribution in [2.75, 3.05) is 0 Å². The molecule has 0 atom stereocenters. The Kier molecular flexibility index (Phi) is 2.23. The summed E-state index contributed by atoms with van der Waals surface area (Å²) in [4.78, 5) is 4.04. The van der Waals surface area contributed by atoms with Crippen LogP contribution in [0.2, 0.25) is 0 Å². The summed E-state index contributed by atoms with van der Waals surface area (Å²) in [5.41, 5.74) is 0.798. The molecule has 2 aromatic heterocycles. The van der Waals surface area contributed by atoms with Gasteiger partial charge in [-0.2, -0.15) is 10.2 Å². The third-order valence-electron chi connectivity index (χ3n) is 1.52. The molecule has 0 aliphatic heterocycles. The largest absolute Gasteiger partial charge is 0.440 e. The van der Waals surface area contributed by atoms with Crippen molar-refractivity contribution in [3.05, 3.63) is 30.4 Å². The minimum atomic E-state index is 0.325. The summed E-state index contributed by atoms with van der Waals surface area (Å²) in [5, 5.41) is 7.37. The zero-order chi connectivity index (χ0) is 9.10. The molecule has 0 bridgehead atoms. The highest BCUT2D eigenvalue weighted by atomic mass is 35.5. The number of halogens is 1. The van der Waals surface area contributed by atoms with Crippen molar-refractivity contribution in [2.24, 2.45) is 0 Å². The number of oxazole rings is 1. The second-order valence-electron chi connectivity index (χ2n) is 2.40. The van der Waals surface area contributed by atoms with Crippen LogP contribution in [0.25, 0.3) is 11.5 Å². The van der Waals surface area contributed by atoms with Crippen LogP contribution >= 0.6 is 11.6 Å². The summed E-state index contributed by atoms with van der Waals surface area (Å²) in [5.74, 6) is 1.49. The van der Waals surface area contributed by atoms with E-state index in [1.54, 1.807) is 24.7 Å². The highest BCUT2D eigenvalue weighted by Gasteiger charge is 2.04. The molecule has 0 unspecified atom stereocenters. The van der Waals surface area contributed by atoms with Crippen LogP contribution in [0.5, 0.6) is 0 Å². The first-order chi connectivity index (χ1) is 6.40. The quantitative estimate of drug-likeness (QED) is 0.687. The minimum absolute atomic E-state index is 0.325. The zero-order valence-corrected chi connectivity index (χ0v) is 7.40. The summed E-state index contributed by atoms with van der Waals surface area (Å²) >= 11 is 5.57. The topological polar surface area (TPSA) is 51.8 Å².